The number of nitrogens with one attached hydrogen (secondary N) is 1. The molecule has 0 aliphatic carbocycles. The first-order valence-electron chi connectivity index (χ1n) is 5.85. The van der Waals surface area contributed by atoms with E-state index in [1.807, 2.05) is 17.8 Å². The Morgan fingerprint density at radius 2 is 2.22 bits per heavy atom. The second-order valence-electron chi connectivity index (χ2n) is 4.34. The molecular weight excluding hydrogens is 272 g/mol. The van der Waals surface area contributed by atoms with Gasteiger partial charge in [-0.1, -0.05) is 0 Å². The molecule has 102 valence electrons. The molecule has 0 radical (unpaired) electrons. The lowest BCUT2D eigenvalue weighted by atomic mass is 10.1. The second-order valence-corrected chi connectivity index (χ2v) is 7.40. The number of sulfonamides is 1. The highest BCUT2D eigenvalue weighted by atomic mass is 32.2. The van der Waals surface area contributed by atoms with Gasteiger partial charge in [0.1, 0.15) is 0 Å². The smallest absolute Gasteiger partial charge is 0.208 e. The van der Waals surface area contributed by atoms with E-state index in [9.17, 15) is 8.42 Å². The van der Waals surface area contributed by atoms with Crippen molar-refractivity contribution in [2.24, 2.45) is 0 Å². The normalized spacial score (nSPS) is 19.8. The van der Waals surface area contributed by atoms with Crippen LogP contribution in [-0.2, 0) is 10.0 Å². The monoisotopic (exact) mass is 290 g/mol. The lowest BCUT2D eigenvalue weighted by molar-refractivity contribution is 0.218. The molecule has 0 unspecified atom stereocenters. The third kappa shape index (κ3) is 4.01. The topological polar surface area (TPSA) is 62.6 Å². The Hall–Kier alpha value is -0.500. The fourth-order valence-corrected chi connectivity index (χ4v) is 3.43. The molecule has 0 bridgehead atoms. The summed E-state index contributed by atoms with van der Waals surface area (Å²) in [7, 11) is -3.16. The minimum absolute atomic E-state index is 0.0550. The van der Waals surface area contributed by atoms with Crippen LogP contribution in [0.15, 0.2) is 23.0 Å². The van der Waals surface area contributed by atoms with Gasteiger partial charge in [0.25, 0.3) is 0 Å². The lowest BCUT2D eigenvalue weighted by Gasteiger charge is -2.33. The molecule has 1 aliphatic rings. The van der Waals surface area contributed by atoms with Crippen molar-refractivity contribution in [2.45, 2.75) is 6.04 Å². The van der Waals surface area contributed by atoms with Crippen LogP contribution in [0.25, 0.3) is 0 Å². The Bertz CT molecular complexity index is 453. The predicted molar refractivity (Wildman–Crippen MR) is 73.2 cm³/mol. The van der Waals surface area contributed by atoms with Crippen LogP contribution >= 0.6 is 11.8 Å². The van der Waals surface area contributed by atoms with E-state index < -0.39 is 10.0 Å². The summed E-state index contributed by atoms with van der Waals surface area (Å²) in [6, 6.07) is 1.95. The van der Waals surface area contributed by atoms with Gasteiger partial charge in [-0.3, -0.25) is 4.90 Å². The van der Waals surface area contributed by atoms with E-state index >= 15 is 0 Å². The molecule has 0 aromatic carbocycles. The Labute approximate surface area is 112 Å². The van der Waals surface area contributed by atoms with Gasteiger partial charge in [0.15, 0.2) is 0 Å². The third-order valence-electron chi connectivity index (χ3n) is 2.95. The second kappa shape index (κ2) is 6.10. The average molecular weight is 290 g/mol. The van der Waals surface area contributed by atoms with Crippen molar-refractivity contribution < 1.29 is 12.8 Å². The summed E-state index contributed by atoms with van der Waals surface area (Å²) in [6.07, 6.45) is 4.50. The number of hydrogen-bond donors (Lipinski definition) is 1. The predicted octanol–water partition coefficient (Wildman–Crippen LogP) is 0.919. The minimum Gasteiger partial charge on any atom is -0.472 e. The molecule has 0 amide bonds. The van der Waals surface area contributed by atoms with Crippen molar-refractivity contribution >= 4 is 21.8 Å². The van der Waals surface area contributed by atoms with Crippen LogP contribution in [0.5, 0.6) is 0 Å². The van der Waals surface area contributed by atoms with E-state index in [0.717, 1.165) is 30.2 Å². The number of furan rings is 1. The summed E-state index contributed by atoms with van der Waals surface area (Å²) in [5.41, 5.74) is 1.03. The summed E-state index contributed by atoms with van der Waals surface area (Å²) in [6.45, 7) is 2.35. The van der Waals surface area contributed by atoms with Crippen molar-refractivity contribution in [3.63, 3.8) is 0 Å². The Balaban J connectivity index is 2.07. The van der Waals surface area contributed by atoms with Crippen LogP contribution in [0.1, 0.15) is 11.6 Å². The zero-order chi connectivity index (χ0) is 13.0. The molecule has 1 fully saturated rings. The van der Waals surface area contributed by atoms with E-state index in [4.69, 9.17) is 4.42 Å². The summed E-state index contributed by atoms with van der Waals surface area (Å²) in [4.78, 5) is 2.31. The first kappa shape index (κ1) is 13.9. The van der Waals surface area contributed by atoms with Gasteiger partial charge in [-0.05, 0) is 6.07 Å². The molecule has 1 aliphatic heterocycles. The first-order valence-corrected chi connectivity index (χ1v) is 8.89. The molecule has 1 saturated heterocycles. The molecular formula is C11H18N2O3S2. The van der Waals surface area contributed by atoms with Gasteiger partial charge >= 0.3 is 0 Å². The Morgan fingerprint density at radius 3 is 2.78 bits per heavy atom. The van der Waals surface area contributed by atoms with Gasteiger partial charge in [0.2, 0.25) is 10.0 Å². The van der Waals surface area contributed by atoms with Crippen LogP contribution in [-0.4, -0.2) is 50.7 Å². The molecule has 18 heavy (non-hydrogen) atoms. The van der Waals surface area contributed by atoms with E-state index in [1.54, 1.807) is 12.5 Å². The number of nitrogens with zero attached hydrogens (tertiary/aromatic N) is 1. The quantitative estimate of drug-likeness (QED) is 0.873. The summed E-state index contributed by atoms with van der Waals surface area (Å²) in [5, 5.41) is 0. The fourth-order valence-electron chi connectivity index (χ4n) is 2.04. The highest BCUT2D eigenvalue weighted by Gasteiger charge is 2.24. The van der Waals surface area contributed by atoms with Gasteiger partial charge in [0.05, 0.1) is 24.8 Å². The molecule has 5 nitrogen and oxygen atoms in total. The zero-order valence-electron chi connectivity index (χ0n) is 10.3. The van der Waals surface area contributed by atoms with E-state index in [-0.39, 0.29) is 6.04 Å². The van der Waals surface area contributed by atoms with Gasteiger partial charge in [-0.2, -0.15) is 11.8 Å². The summed E-state index contributed by atoms with van der Waals surface area (Å²) in [5.74, 6) is 2.18. The largest absolute Gasteiger partial charge is 0.472 e. The van der Waals surface area contributed by atoms with E-state index in [1.165, 1.54) is 6.26 Å². The fraction of sp³-hybridized carbons (Fsp3) is 0.636. The van der Waals surface area contributed by atoms with Crippen molar-refractivity contribution in [1.82, 2.24) is 9.62 Å². The maximum Gasteiger partial charge on any atom is 0.208 e. The van der Waals surface area contributed by atoms with Crippen molar-refractivity contribution in [1.29, 1.82) is 0 Å². The van der Waals surface area contributed by atoms with Crippen LogP contribution < -0.4 is 4.72 Å². The molecule has 0 spiro atoms. The molecule has 2 rings (SSSR count). The van der Waals surface area contributed by atoms with Crippen LogP contribution in [0.3, 0.4) is 0 Å². The van der Waals surface area contributed by atoms with Crippen molar-refractivity contribution in [3.05, 3.63) is 24.2 Å². The summed E-state index contributed by atoms with van der Waals surface area (Å²) >= 11 is 1.93. The highest BCUT2D eigenvalue weighted by molar-refractivity contribution is 7.99. The molecule has 2 heterocycles. The zero-order valence-corrected chi connectivity index (χ0v) is 12.0. The highest BCUT2D eigenvalue weighted by Crippen LogP contribution is 2.24. The number of rotatable bonds is 5. The number of thioether (sulfide) groups is 1. The maximum absolute atomic E-state index is 11.2. The SMILES string of the molecule is CS(=O)(=O)NC[C@@H](c1ccoc1)N1CCSCC1. The van der Waals surface area contributed by atoms with Crippen LogP contribution in [0.4, 0.5) is 0 Å². The molecule has 1 N–H and O–H groups in total. The Kier molecular flexibility index (Phi) is 4.71. The molecule has 1 atom stereocenters. The third-order valence-corrected chi connectivity index (χ3v) is 4.59. The van der Waals surface area contributed by atoms with Crippen molar-refractivity contribution in [3.8, 4) is 0 Å². The molecule has 1 aromatic heterocycles. The summed E-state index contributed by atoms with van der Waals surface area (Å²) < 4.78 is 30.2. The average Bonchev–Trinajstić information content (AvgIpc) is 2.83. The Morgan fingerprint density at radius 1 is 1.50 bits per heavy atom. The molecule has 1 aromatic rings. The van der Waals surface area contributed by atoms with Crippen molar-refractivity contribution in [2.75, 3.05) is 37.4 Å². The van der Waals surface area contributed by atoms with Crippen LogP contribution in [0, 0.1) is 0 Å². The van der Waals surface area contributed by atoms with Gasteiger partial charge in [-0.15, -0.1) is 0 Å². The minimum atomic E-state index is -3.16. The van der Waals surface area contributed by atoms with Gasteiger partial charge in [-0.25, -0.2) is 13.1 Å². The first-order chi connectivity index (χ1) is 8.56. The van der Waals surface area contributed by atoms with Crippen LogP contribution in [0.2, 0.25) is 0 Å². The van der Waals surface area contributed by atoms with E-state index in [2.05, 4.69) is 9.62 Å². The molecule has 0 saturated carbocycles. The number of hydrogen-bond acceptors (Lipinski definition) is 5. The van der Waals surface area contributed by atoms with Gasteiger partial charge in [0, 0.05) is 36.7 Å². The lowest BCUT2D eigenvalue weighted by Crippen LogP contribution is -2.41. The van der Waals surface area contributed by atoms with Gasteiger partial charge < -0.3 is 4.42 Å². The standard InChI is InChI=1S/C11H18N2O3S2/c1-18(14,15)12-8-11(10-2-5-16-9-10)13-3-6-17-7-4-13/h2,5,9,11-12H,3-4,6-8H2,1H3/t11-/m0/s1. The molecule has 7 heteroatoms. The van der Waals surface area contributed by atoms with E-state index in [0.29, 0.717) is 6.54 Å². The maximum atomic E-state index is 11.2.